The summed E-state index contributed by atoms with van der Waals surface area (Å²) < 4.78 is 0. The summed E-state index contributed by atoms with van der Waals surface area (Å²) in [5.41, 5.74) is -0.320. The number of hydrogen-bond donors (Lipinski definition) is 2. The first-order valence-corrected chi connectivity index (χ1v) is 4.17. The number of amides is 1. The van der Waals surface area contributed by atoms with Crippen molar-refractivity contribution in [2.45, 2.75) is 39.8 Å². The van der Waals surface area contributed by atoms with Gasteiger partial charge in [-0.2, -0.15) is 5.26 Å². The second kappa shape index (κ2) is 4.24. The minimum absolute atomic E-state index is 0.320. The van der Waals surface area contributed by atoms with Crippen LogP contribution in [0.15, 0.2) is 0 Å². The molecule has 4 nitrogen and oxygen atoms in total. The SMILES string of the molecule is CC(O)C(=O)NC(C#N)C(C)(C)C. The number of rotatable bonds is 2. The van der Waals surface area contributed by atoms with E-state index in [2.05, 4.69) is 5.32 Å². The average molecular weight is 184 g/mol. The maximum atomic E-state index is 11.0. The second-order valence-corrected chi connectivity index (χ2v) is 4.11. The lowest BCUT2D eigenvalue weighted by Gasteiger charge is -2.25. The van der Waals surface area contributed by atoms with Crippen molar-refractivity contribution in [3.8, 4) is 6.07 Å². The Labute approximate surface area is 78.6 Å². The summed E-state index contributed by atoms with van der Waals surface area (Å²) in [7, 11) is 0. The number of nitriles is 1. The van der Waals surface area contributed by atoms with Crippen LogP contribution in [0.5, 0.6) is 0 Å². The van der Waals surface area contributed by atoms with Crippen molar-refractivity contribution in [2.24, 2.45) is 5.41 Å². The summed E-state index contributed by atoms with van der Waals surface area (Å²) in [6.07, 6.45) is -1.07. The first-order valence-electron chi connectivity index (χ1n) is 4.17. The zero-order valence-corrected chi connectivity index (χ0v) is 8.46. The van der Waals surface area contributed by atoms with Gasteiger partial charge in [-0.05, 0) is 12.3 Å². The number of nitrogens with one attached hydrogen (secondary N) is 1. The first-order chi connectivity index (χ1) is 5.79. The van der Waals surface area contributed by atoms with E-state index in [1.54, 1.807) is 0 Å². The van der Waals surface area contributed by atoms with Gasteiger partial charge in [0, 0.05) is 0 Å². The van der Waals surface area contributed by atoms with Crippen molar-refractivity contribution < 1.29 is 9.90 Å². The molecule has 4 heteroatoms. The van der Waals surface area contributed by atoms with Gasteiger partial charge in [0.2, 0.25) is 5.91 Å². The Kier molecular flexibility index (Phi) is 3.89. The summed E-state index contributed by atoms with van der Waals surface area (Å²) >= 11 is 0. The lowest BCUT2D eigenvalue weighted by atomic mass is 9.87. The molecule has 0 saturated heterocycles. The van der Waals surface area contributed by atoms with E-state index < -0.39 is 18.1 Å². The summed E-state index contributed by atoms with van der Waals surface area (Å²) in [4.78, 5) is 11.0. The van der Waals surface area contributed by atoms with E-state index in [-0.39, 0.29) is 5.41 Å². The molecule has 0 aromatic heterocycles. The first kappa shape index (κ1) is 11.9. The van der Waals surface area contributed by atoms with E-state index in [1.807, 2.05) is 26.8 Å². The quantitative estimate of drug-likeness (QED) is 0.653. The van der Waals surface area contributed by atoms with E-state index in [1.165, 1.54) is 6.92 Å². The molecule has 13 heavy (non-hydrogen) atoms. The Bertz CT molecular complexity index is 223. The van der Waals surface area contributed by atoms with Crippen molar-refractivity contribution in [3.05, 3.63) is 0 Å². The fourth-order valence-electron chi connectivity index (χ4n) is 0.705. The van der Waals surface area contributed by atoms with Crippen molar-refractivity contribution in [2.75, 3.05) is 0 Å². The smallest absolute Gasteiger partial charge is 0.249 e. The molecule has 0 saturated carbocycles. The van der Waals surface area contributed by atoms with Gasteiger partial charge in [-0.25, -0.2) is 0 Å². The standard InChI is InChI=1S/C9H16N2O2/c1-6(12)8(13)11-7(5-10)9(2,3)4/h6-7,12H,1-4H3,(H,11,13). The molecule has 0 aliphatic heterocycles. The topological polar surface area (TPSA) is 73.1 Å². The van der Waals surface area contributed by atoms with E-state index in [9.17, 15) is 4.79 Å². The maximum absolute atomic E-state index is 11.0. The molecule has 0 bridgehead atoms. The van der Waals surface area contributed by atoms with Crippen LogP contribution < -0.4 is 5.32 Å². The fourth-order valence-corrected chi connectivity index (χ4v) is 0.705. The Morgan fingerprint density at radius 2 is 2.00 bits per heavy atom. The number of carbonyl (C=O) groups is 1. The molecule has 2 atom stereocenters. The Morgan fingerprint density at radius 1 is 1.54 bits per heavy atom. The molecule has 74 valence electrons. The van der Waals surface area contributed by atoms with Gasteiger partial charge in [0.1, 0.15) is 12.1 Å². The van der Waals surface area contributed by atoms with Crippen LogP contribution in [-0.4, -0.2) is 23.2 Å². The van der Waals surface area contributed by atoms with Crippen LogP contribution in [0.4, 0.5) is 0 Å². The lowest BCUT2D eigenvalue weighted by Crippen LogP contribution is -2.46. The van der Waals surface area contributed by atoms with Crippen LogP contribution in [0.2, 0.25) is 0 Å². The molecule has 0 rings (SSSR count). The van der Waals surface area contributed by atoms with Crippen LogP contribution in [0.25, 0.3) is 0 Å². The number of aliphatic hydroxyl groups excluding tert-OH is 1. The molecule has 0 aliphatic rings. The highest BCUT2D eigenvalue weighted by Gasteiger charge is 2.26. The predicted molar refractivity (Wildman–Crippen MR) is 48.7 cm³/mol. The van der Waals surface area contributed by atoms with Crippen molar-refractivity contribution in [1.82, 2.24) is 5.32 Å². The van der Waals surface area contributed by atoms with Crippen molar-refractivity contribution in [1.29, 1.82) is 5.26 Å². The van der Waals surface area contributed by atoms with Gasteiger partial charge in [-0.15, -0.1) is 0 Å². The second-order valence-electron chi connectivity index (χ2n) is 4.11. The Balaban J connectivity index is 4.34. The number of hydrogen-bond acceptors (Lipinski definition) is 3. The molecular formula is C9H16N2O2. The molecule has 1 amide bonds. The summed E-state index contributed by atoms with van der Waals surface area (Å²) in [5, 5.41) is 20.1. The van der Waals surface area contributed by atoms with Crippen LogP contribution in [0, 0.1) is 16.7 Å². The minimum atomic E-state index is -1.07. The van der Waals surface area contributed by atoms with Crippen LogP contribution in [-0.2, 0) is 4.79 Å². The van der Waals surface area contributed by atoms with Gasteiger partial charge in [0.25, 0.3) is 0 Å². The van der Waals surface area contributed by atoms with Gasteiger partial charge < -0.3 is 10.4 Å². The maximum Gasteiger partial charge on any atom is 0.249 e. The van der Waals surface area contributed by atoms with E-state index in [4.69, 9.17) is 10.4 Å². The minimum Gasteiger partial charge on any atom is -0.384 e. The molecule has 0 aromatic carbocycles. The van der Waals surface area contributed by atoms with Gasteiger partial charge >= 0.3 is 0 Å². The van der Waals surface area contributed by atoms with Crippen molar-refractivity contribution >= 4 is 5.91 Å². The molecule has 0 fully saturated rings. The van der Waals surface area contributed by atoms with E-state index in [0.717, 1.165) is 0 Å². The monoisotopic (exact) mass is 184 g/mol. The Morgan fingerprint density at radius 3 is 2.23 bits per heavy atom. The third-order valence-corrected chi connectivity index (χ3v) is 1.66. The van der Waals surface area contributed by atoms with E-state index >= 15 is 0 Å². The summed E-state index contributed by atoms with van der Waals surface area (Å²) in [5.74, 6) is -0.513. The predicted octanol–water partition coefficient (Wildman–Crippen LogP) is 0.422. The van der Waals surface area contributed by atoms with Crippen molar-refractivity contribution in [3.63, 3.8) is 0 Å². The zero-order chi connectivity index (χ0) is 10.6. The number of carbonyl (C=O) groups excluding carboxylic acids is 1. The summed E-state index contributed by atoms with van der Waals surface area (Å²) in [6, 6.07) is 1.41. The van der Waals surface area contributed by atoms with Gasteiger partial charge in [0.15, 0.2) is 0 Å². The van der Waals surface area contributed by atoms with Crippen LogP contribution in [0.1, 0.15) is 27.7 Å². The highest BCUT2D eigenvalue weighted by Crippen LogP contribution is 2.18. The molecular weight excluding hydrogens is 168 g/mol. The number of aliphatic hydroxyl groups is 1. The highest BCUT2D eigenvalue weighted by atomic mass is 16.3. The number of nitrogens with zero attached hydrogens (tertiary/aromatic N) is 1. The van der Waals surface area contributed by atoms with Crippen LogP contribution >= 0.6 is 0 Å². The normalized spacial score (nSPS) is 15.7. The van der Waals surface area contributed by atoms with Crippen LogP contribution in [0.3, 0.4) is 0 Å². The molecule has 2 N–H and O–H groups in total. The molecule has 0 radical (unpaired) electrons. The molecule has 2 unspecified atom stereocenters. The average Bonchev–Trinajstić information content (AvgIpc) is 1.96. The lowest BCUT2D eigenvalue weighted by molar-refractivity contribution is -0.129. The third kappa shape index (κ3) is 3.90. The molecule has 0 aromatic rings. The van der Waals surface area contributed by atoms with Gasteiger partial charge in [-0.3, -0.25) is 4.79 Å². The molecule has 0 heterocycles. The Hall–Kier alpha value is -1.08. The van der Waals surface area contributed by atoms with E-state index in [0.29, 0.717) is 0 Å². The van der Waals surface area contributed by atoms with Gasteiger partial charge in [-0.1, -0.05) is 20.8 Å². The molecule has 0 aliphatic carbocycles. The van der Waals surface area contributed by atoms with Gasteiger partial charge in [0.05, 0.1) is 6.07 Å². The zero-order valence-electron chi connectivity index (χ0n) is 8.46. The highest BCUT2D eigenvalue weighted by molar-refractivity contribution is 5.80. The summed E-state index contributed by atoms with van der Waals surface area (Å²) in [6.45, 7) is 6.92. The fraction of sp³-hybridized carbons (Fsp3) is 0.778. The largest absolute Gasteiger partial charge is 0.384 e. The molecule has 0 spiro atoms. The third-order valence-electron chi connectivity index (χ3n) is 1.66.